The monoisotopic (exact) mass is 251 g/mol. The molecule has 0 spiro atoms. The second-order valence-corrected chi connectivity index (χ2v) is 6.37. The Balaban J connectivity index is 2.24. The van der Waals surface area contributed by atoms with Gasteiger partial charge in [-0.1, -0.05) is 0 Å². The van der Waals surface area contributed by atoms with Crippen LogP contribution in [0.2, 0.25) is 0 Å². The van der Waals surface area contributed by atoms with Gasteiger partial charge in [-0.3, -0.25) is 0 Å². The van der Waals surface area contributed by atoms with Crippen LogP contribution in [-0.2, 0) is 13.0 Å². The molecule has 0 amide bonds. The topological polar surface area (TPSA) is 3.24 Å². The molecular formula is C12H13NSe. The van der Waals surface area contributed by atoms with E-state index in [0.29, 0.717) is 14.5 Å². The molecule has 0 saturated heterocycles. The zero-order valence-electron chi connectivity index (χ0n) is 8.29. The Morgan fingerprint density at radius 1 is 1.29 bits per heavy atom. The van der Waals surface area contributed by atoms with Gasteiger partial charge >= 0.3 is 89.9 Å². The van der Waals surface area contributed by atoms with E-state index in [2.05, 4.69) is 36.2 Å². The van der Waals surface area contributed by atoms with E-state index >= 15 is 0 Å². The van der Waals surface area contributed by atoms with E-state index in [4.69, 9.17) is 0 Å². The third-order valence-corrected chi connectivity index (χ3v) is 5.45. The summed E-state index contributed by atoms with van der Waals surface area (Å²) in [4.78, 5) is 2.44. The third kappa shape index (κ3) is 1.26. The Labute approximate surface area is 90.1 Å². The van der Waals surface area contributed by atoms with E-state index in [1.54, 1.807) is 19.6 Å². The minimum absolute atomic E-state index is 0.612. The summed E-state index contributed by atoms with van der Waals surface area (Å²) in [6.07, 6.45) is 1.25. The van der Waals surface area contributed by atoms with Crippen molar-refractivity contribution in [2.75, 3.05) is 13.6 Å². The third-order valence-electron chi connectivity index (χ3n) is 2.94. The van der Waals surface area contributed by atoms with E-state index in [9.17, 15) is 0 Å². The van der Waals surface area contributed by atoms with Gasteiger partial charge in [0.15, 0.2) is 0 Å². The number of fused-ring (bicyclic) bond motifs is 3. The Morgan fingerprint density at radius 2 is 2.14 bits per heavy atom. The molecule has 0 unspecified atom stereocenters. The molecule has 1 aromatic heterocycles. The van der Waals surface area contributed by atoms with Gasteiger partial charge in [0.2, 0.25) is 0 Å². The summed E-state index contributed by atoms with van der Waals surface area (Å²) in [5.41, 5.74) is 1.67. The Kier molecular flexibility index (Phi) is 2.01. The van der Waals surface area contributed by atoms with Crippen LogP contribution in [0.25, 0.3) is 9.65 Å². The molecule has 0 aliphatic carbocycles. The van der Waals surface area contributed by atoms with Gasteiger partial charge in [0.25, 0.3) is 0 Å². The first kappa shape index (κ1) is 8.72. The summed E-state index contributed by atoms with van der Waals surface area (Å²) in [5.74, 6) is 0. The summed E-state index contributed by atoms with van der Waals surface area (Å²) in [6.45, 7) is 2.42. The first-order valence-corrected chi connectivity index (χ1v) is 6.74. The van der Waals surface area contributed by atoms with Crippen molar-refractivity contribution in [2.24, 2.45) is 0 Å². The number of hydrogen-bond acceptors (Lipinski definition) is 1. The van der Waals surface area contributed by atoms with Crippen molar-refractivity contribution in [1.82, 2.24) is 4.90 Å². The van der Waals surface area contributed by atoms with Crippen LogP contribution in [-0.4, -0.2) is 33.0 Å². The Hall–Kier alpha value is -0.561. The number of nitrogens with zero attached hydrogens (tertiary/aromatic N) is 1. The summed E-state index contributed by atoms with van der Waals surface area (Å²) < 4.78 is 3.31. The molecule has 0 atom stereocenters. The molecule has 72 valence electrons. The number of benzene rings is 1. The fourth-order valence-corrected chi connectivity index (χ4v) is 4.98. The standard InChI is InChI=1S/C12H13NSe/c1-13-7-6-10-9-4-2-3-5-11(9)14-12(10)8-13/h2-5H,6-8H2,1H3. The van der Waals surface area contributed by atoms with Crippen LogP contribution in [0.5, 0.6) is 0 Å². The molecule has 1 aromatic carbocycles. The molecule has 1 aliphatic heterocycles. The van der Waals surface area contributed by atoms with Crippen LogP contribution in [0, 0.1) is 0 Å². The maximum absolute atomic E-state index is 2.44. The molecule has 2 heterocycles. The van der Waals surface area contributed by atoms with Crippen molar-refractivity contribution in [2.45, 2.75) is 13.0 Å². The molecule has 0 fully saturated rings. The van der Waals surface area contributed by atoms with E-state index in [-0.39, 0.29) is 0 Å². The van der Waals surface area contributed by atoms with Crippen LogP contribution < -0.4 is 0 Å². The van der Waals surface area contributed by atoms with Gasteiger partial charge in [-0.2, -0.15) is 0 Å². The van der Waals surface area contributed by atoms with Crippen LogP contribution in [0.15, 0.2) is 24.3 Å². The Bertz CT molecular complexity index is 472. The quantitative estimate of drug-likeness (QED) is 0.645. The minimum atomic E-state index is 0.612. The van der Waals surface area contributed by atoms with Crippen LogP contribution >= 0.6 is 0 Å². The van der Waals surface area contributed by atoms with Crippen LogP contribution in [0.1, 0.15) is 10.0 Å². The van der Waals surface area contributed by atoms with Crippen LogP contribution in [0.4, 0.5) is 0 Å². The van der Waals surface area contributed by atoms with Crippen molar-refractivity contribution in [3.8, 4) is 0 Å². The van der Waals surface area contributed by atoms with E-state index in [1.165, 1.54) is 19.5 Å². The van der Waals surface area contributed by atoms with Gasteiger partial charge in [-0.05, 0) is 0 Å². The zero-order chi connectivity index (χ0) is 9.54. The molecule has 0 N–H and O–H groups in total. The second-order valence-electron chi connectivity index (χ2n) is 3.99. The maximum atomic E-state index is 2.44. The van der Waals surface area contributed by atoms with E-state index in [0.717, 1.165) is 0 Å². The summed E-state index contributed by atoms with van der Waals surface area (Å²) in [6, 6.07) is 8.93. The molecule has 0 bridgehead atoms. The normalized spacial score (nSPS) is 17.2. The van der Waals surface area contributed by atoms with E-state index in [1.807, 2.05) is 0 Å². The Morgan fingerprint density at radius 3 is 3.07 bits per heavy atom. The molecule has 2 heteroatoms. The first-order valence-electron chi connectivity index (χ1n) is 5.02. The second kappa shape index (κ2) is 3.23. The molecule has 1 aliphatic rings. The molecule has 2 aromatic rings. The number of hydrogen-bond donors (Lipinski definition) is 0. The number of rotatable bonds is 0. The van der Waals surface area contributed by atoms with E-state index < -0.39 is 0 Å². The molecule has 1 nitrogen and oxygen atoms in total. The summed E-state index contributed by atoms with van der Waals surface area (Å²) in [5, 5.41) is 1.55. The van der Waals surface area contributed by atoms with Gasteiger partial charge in [0.1, 0.15) is 0 Å². The summed E-state index contributed by atoms with van der Waals surface area (Å²) >= 11 is 0.612. The molecule has 0 saturated carbocycles. The van der Waals surface area contributed by atoms with Crippen molar-refractivity contribution < 1.29 is 0 Å². The molecule has 3 rings (SSSR count). The van der Waals surface area contributed by atoms with Gasteiger partial charge in [-0.25, -0.2) is 0 Å². The van der Waals surface area contributed by atoms with Crippen molar-refractivity contribution in [3.63, 3.8) is 0 Å². The fourth-order valence-electron chi connectivity index (χ4n) is 2.18. The fraction of sp³-hybridized carbons (Fsp3) is 0.333. The van der Waals surface area contributed by atoms with Crippen molar-refractivity contribution in [1.29, 1.82) is 0 Å². The predicted molar refractivity (Wildman–Crippen MR) is 60.9 cm³/mol. The van der Waals surface area contributed by atoms with Gasteiger partial charge in [0.05, 0.1) is 0 Å². The number of likely N-dealkylation sites (N-methyl/N-ethyl adjacent to an activating group) is 1. The average molecular weight is 250 g/mol. The SMILES string of the molecule is CN1CCc2c([se]c3ccccc23)C1. The first-order chi connectivity index (χ1) is 6.84. The zero-order valence-corrected chi connectivity index (χ0v) is 10.00. The molecular weight excluding hydrogens is 237 g/mol. The molecule has 0 radical (unpaired) electrons. The van der Waals surface area contributed by atoms with Crippen molar-refractivity contribution >= 4 is 24.1 Å². The molecule has 14 heavy (non-hydrogen) atoms. The van der Waals surface area contributed by atoms with Crippen LogP contribution in [0.3, 0.4) is 0 Å². The van der Waals surface area contributed by atoms with Crippen molar-refractivity contribution in [3.05, 3.63) is 34.3 Å². The predicted octanol–water partition coefficient (Wildman–Crippen LogP) is 1.88. The van der Waals surface area contributed by atoms with Gasteiger partial charge < -0.3 is 0 Å². The van der Waals surface area contributed by atoms with Gasteiger partial charge in [0, 0.05) is 0 Å². The summed E-state index contributed by atoms with van der Waals surface area (Å²) in [7, 11) is 2.23. The average Bonchev–Trinajstić information content (AvgIpc) is 2.54. The van der Waals surface area contributed by atoms with Gasteiger partial charge in [-0.15, -0.1) is 0 Å².